The Morgan fingerprint density at radius 1 is 1.25 bits per heavy atom. The SMILES string of the molecule is O=C(O)c1cc(COc2ccc3c(c2)OCO3)ccn1. The van der Waals surface area contributed by atoms with E-state index in [4.69, 9.17) is 19.3 Å². The molecule has 6 heteroatoms. The van der Waals surface area contributed by atoms with E-state index in [1.807, 2.05) is 0 Å². The van der Waals surface area contributed by atoms with Crippen molar-refractivity contribution in [1.29, 1.82) is 0 Å². The maximum atomic E-state index is 10.8. The van der Waals surface area contributed by atoms with Gasteiger partial charge in [0.05, 0.1) is 0 Å². The Bertz CT molecular complexity index is 656. The Balaban J connectivity index is 1.70. The number of hydrogen-bond acceptors (Lipinski definition) is 5. The highest BCUT2D eigenvalue weighted by atomic mass is 16.7. The predicted molar refractivity (Wildman–Crippen MR) is 68.1 cm³/mol. The van der Waals surface area contributed by atoms with Gasteiger partial charge in [-0.15, -0.1) is 0 Å². The number of pyridine rings is 1. The first-order valence-corrected chi connectivity index (χ1v) is 5.93. The quantitative estimate of drug-likeness (QED) is 0.919. The molecule has 2 aromatic rings. The van der Waals surface area contributed by atoms with E-state index in [2.05, 4.69) is 4.98 Å². The maximum Gasteiger partial charge on any atom is 0.354 e. The molecule has 1 aliphatic rings. The van der Waals surface area contributed by atoms with Crippen molar-refractivity contribution in [2.45, 2.75) is 6.61 Å². The molecule has 0 radical (unpaired) electrons. The van der Waals surface area contributed by atoms with Gasteiger partial charge in [0.25, 0.3) is 0 Å². The van der Waals surface area contributed by atoms with E-state index < -0.39 is 5.97 Å². The minimum Gasteiger partial charge on any atom is -0.489 e. The second kappa shape index (κ2) is 5.08. The van der Waals surface area contributed by atoms with Crippen molar-refractivity contribution in [3.63, 3.8) is 0 Å². The molecule has 0 atom stereocenters. The molecule has 6 nitrogen and oxygen atoms in total. The summed E-state index contributed by atoms with van der Waals surface area (Å²) in [5, 5.41) is 8.87. The third kappa shape index (κ3) is 2.49. The summed E-state index contributed by atoms with van der Waals surface area (Å²) >= 11 is 0. The molecule has 0 amide bonds. The number of carbonyl (C=O) groups is 1. The van der Waals surface area contributed by atoms with Gasteiger partial charge in [-0.3, -0.25) is 0 Å². The number of hydrogen-bond donors (Lipinski definition) is 1. The first-order chi connectivity index (χ1) is 9.72. The maximum absolute atomic E-state index is 10.8. The van der Waals surface area contributed by atoms with Crippen LogP contribution in [0.25, 0.3) is 0 Å². The molecule has 0 bridgehead atoms. The molecule has 0 spiro atoms. The third-order valence-electron chi connectivity index (χ3n) is 2.79. The van der Waals surface area contributed by atoms with Gasteiger partial charge in [0.2, 0.25) is 6.79 Å². The molecular formula is C14H11NO5. The lowest BCUT2D eigenvalue weighted by Gasteiger charge is -2.07. The summed E-state index contributed by atoms with van der Waals surface area (Å²) in [6.45, 7) is 0.466. The van der Waals surface area contributed by atoms with Crippen LogP contribution in [0.2, 0.25) is 0 Å². The molecule has 0 saturated carbocycles. The number of aromatic carboxylic acids is 1. The summed E-state index contributed by atoms with van der Waals surface area (Å²) in [6.07, 6.45) is 1.45. The normalized spacial score (nSPS) is 12.2. The van der Waals surface area contributed by atoms with Crippen LogP contribution in [-0.2, 0) is 6.61 Å². The molecule has 0 fully saturated rings. The van der Waals surface area contributed by atoms with Gasteiger partial charge in [-0.2, -0.15) is 0 Å². The largest absolute Gasteiger partial charge is 0.489 e. The highest BCUT2D eigenvalue weighted by Gasteiger charge is 2.13. The minimum absolute atomic E-state index is 0.00298. The summed E-state index contributed by atoms with van der Waals surface area (Å²) in [7, 11) is 0. The first kappa shape index (κ1) is 12.3. The van der Waals surface area contributed by atoms with E-state index >= 15 is 0 Å². The Kier molecular flexibility index (Phi) is 3.12. The van der Waals surface area contributed by atoms with Gasteiger partial charge < -0.3 is 19.3 Å². The van der Waals surface area contributed by atoms with Crippen molar-refractivity contribution in [1.82, 2.24) is 4.98 Å². The Hall–Kier alpha value is -2.76. The summed E-state index contributed by atoms with van der Waals surface area (Å²) in [6, 6.07) is 8.47. The summed E-state index contributed by atoms with van der Waals surface area (Å²) in [5.74, 6) is 0.899. The second-order valence-corrected chi connectivity index (χ2v) is 4.16. The number of nitrogens with zero attached hydrogens (tertiary/aromatic N) is 1. The number of fused-ring (bicyclic) bond motifs is 1. The number of carboxylic acids is 1. The van der Waals surface area contributed by atoms with Crippen molar-refractivity contribution >= 4 is 5.97 Å². The molecular weight excluding hydrogens is 262 g/mol. The summed E-state index contributed by atoms with van der Waals surface area (Å²) in [4.78, 5) is 14.6. The Morgan fingerprint density at radius 3 is 2.95 bits per heavy atom. The predicted octanol–water partition coefficient (Wildman–Crippen LogP) is 2.09. The number of carboxylic acid groups (broad SMARTS) is 1. The van der Waals surface area contributed by atoms with E-state index in [0.717, 1.165) is 5.56 Å². The lowest BCUT2D eigenvalue weighted by molar-refractivity contribution is 0.0690. The molecule has 3 rings (SSSR count). The lowest BCUT2D eigenvalue weighted by atomic mass is 10.2. The molecule has 1 aromatic carbocycles. The first-order valence-electron chi connectivity index (χ1n) is 5.93. The Morgan fingerprint density at radius 2 is 2.10 bits per heavy atom. The van der Waals surface area contributed by atoms with Crippen LogP contribution >= 0.6 is 0 Å². The van der Waals surface area contributed by atoms with Crippen LogP contribution in [0.5, 0.6) is 17.2 Å². The average molecular weight is 273 g/mol. The van der Waals surface area contributed by atoms with Gasteiger partial charge in [0.15, 0.2) is 11.5 Å². The molecule has 2 heterocycles. The number of benzene rings is 1. The number of aromatic nitrogens is 1. The van der Waals surface area contributed by atoms with Crippen molar-refractivity contribution in [3.8, 4) is 17.2 Å². The van der Waals surface area contributed by atoms with E-state index in [9.17, 15) is 4.79 Å². The molecule has 0 aliphatic carbocycles. The van der Waals surface area contributed by atoms with Gasteiger partial charge in [-0.05, 0) is 29.8 Å². The van der Waals surface area contributed by atoms with Crippen molar-refractivity contribution in [2.75, 3.05) is 6.79 Å². The zero-order chi connectivity index (χ0) is 13.9. The van der Waals surface area contributed by atoms with Gasteiger partial charge in [-0.25, -0.2) is 9.78 Å². The second-order valence-electron chi connectivity index (χ2n) is 4.16. The van der Waals surface area contributed by atoms with E-state index in [-0.39, 0.29) is 19.1 Å². The third-order valence-corrected chi connectivity index (χ3v) is 2.79. The molecule has 0 unspecified atom stereocenters. The van der Waals surface area contributed by atoms with E-state index in [1.165, 1.54) is 12.3 Å². The number of ether oxygens (including phenoxy) is 3. The number of rotatable bonds is 4. The van der Waals surface area contributed by atoms with Crippen LogP contribution in [0.4, 0.5) is 0 Å². The highest BCUT2D eigenvalue weighted by molar-refractivity contribution is 5.85. The zero-order valence-corrected chi connectivity index (χ0v) is 10.4. The van der Waals surface area contributed by atoms with Gasteiger partial charge in [-0.1, -0.05) is 0 Å². The standard InChI is InChI=1S/C14H11NO5/c16-14(17)11-5-9(3-4-15-11)7-18-10-1-2-12-13(6-10)20-8-19-12/h1-6H,7-8H2,(H,16,17). The topological polar surface area (TPSA) is 77.9 Å². The minimum atomic E-state index is -1.06. The van der Waals surface area contributed by atoms with Crippen LogP contribution in [-0.4, -0.2) is 22.9 Å². The highest BCUT2D eigenvalue weighted by Crippen LogP contribution is 2.35. The summed E-state index contributed by atoms with van der Waals surface area (Å²) < 4.78 is 16.1. The molecule has 20 heavy (non-hydrogen) atoms. The van der Waals surface area contributed by atoms with E-state index in [1.54, 1.807) is 24.3 Å². The van der Waals surface area contributed by atoms with Crippen LogP contribution in [0, 0.1) is 0 Å². The summed E-state index contributed by atoms with van der Waals surface area (Å²) in [5.41, 5.74) is 0.729. The van der Waals surface area contributed by atoms with E-state index in [0.29, 0.717) is 17.2 Å². The molecule has 1 aliphatic heterocycles. The zero-order valence-electron chi connectivity index (χ0n) is 10.4. The monoisotopic (exact) mass is 273 g/mol. The molecule has 1 aromatic heterocycles. The average Bonchev–Trinajstić information content (AvgIpc) is 2.93. The molecule has 102 valence electrons. The van der Waals surface area contributed by atoms with Crippen molar-refractivity contribution in [3.05, 3.63) is 47.8 Å². The smallest absolute Gasteiger partial charge is 0.354 e. The van der Waals surface area contributed by atoms with Crippen molar-refractivity contribution in [2.24, 2.45) is 0 Å². The van der Waals surface area contributed by atoms with Crippen LogP contribution < -0.4 is 14.2 Å². The molecule has 1 N–H and O–H groups in total. The fraction of sp³-hybridized carbons (Fsp3) is 0.143. The van der Waals surface area contributed by atoms with Crippen molar-refractivity contribution < 1.29 is 24.1 Å². The van der Waals surface area contributed by atoms with Gasteiger partial charge in [0, 0.05) is 12.3 Å². The lowest BCUT2D eigenvalue weighted by Crippen LogP contribution is -2.02. The van der Waals surface area contributed by atoms with Crippen LogP contribution in [0.1, 0.15) is 16.1 Å². The van der Waals surface area contributed by atoms with Gasteiger partial charge in [0.1, 0.15) is 18.1 Å². The van der Waals surface area contributed by atoms with Crippen LogP contribution in [0.15, 0.2) is 36.5 Å². The molecule has 0 saturated heterocycles. The fourth-order valence-electron chi connectivity index (χ4n) is 1.81. The fourth-order valence-corrected chi connectivity index (χ4v) is 1.81. The van der Waals surface area contributed by atoms with Crippen LogP contribution in [0.3, 0.4) is 0 Å². The van der Waals surface area contributed by atoms with Gasteiger partial charge >= 0.3 is 5.97 Å². The Labute approximate surface area is 114 Å².